The minimum absolute atomic E-state index is 0.240. The van der Waals surface area contributed by atoms with E-state index in [2.05, 4.69) is 26.5 Å². The zero-order valence-corrected chi connectivity index (χ0v) is 15.5. The highest BCUT2D eigenvalue weighted by Gasteiger charge is 2.14. The van der Waals surface area contributed by atoms with Crippen LogP contribution in [0.5, 0.6) is 0 Å². The van der Waals surface area contributed by atoms with Crippen LogP contribution in [0.1, 0.15) is 41.1 Å². The molecule has 0 saturated carbocycles. The van der Waals surface area contributed by atoms with Crippen molar-refractivity contribution in [3.05, 3.63) is 59.5 Å². The standard InChI is InChI=1S/C21H24N4O2/c1-15-8-9-20(27-15)18-13-19(24-23-18)21(26)22-17-7-5-6-16(12-17)14-25-10-3-2-4-11-25/h5-9,12-13H,2-4,10-11,14H2,1H3,(H,22,26)(H,23,24). The number of H-pyrrole nitrogens is 1. The first-order valence-corrected chi connectivity index (χ1v) is 9.42. The lowest BCUT2D eigenvalue weighted by molar-refractivity contribution is 0.102. The van der Waals surface area contributed by atoms with Crippen molar-refractivity contribution < 1.29 is 9.21 Å². The molecule has 0 atom stereocenters. The predicted molar refractivity (Wildman–Crippen MR) is 105 cm³/mol. The minimum atomic E-state index is -0.240. The SMILES string of the molecule is Cc1ccc(-c2cc(C(=O)Nc3cccc(CN4CCCCC4)c3)n[nH]2)o1. The van der Waals surface area contributed by atoms with Gasteiger partial charge >= 0.3 is 0 Å². The summed E-state index contributed by atoms with van der Waals surface area (Å²) in [7, 11) is 0. The van der Waals surface area contributed by atoms with E-state index in [1.807, 2.05) is 37.3 Å². The zero-order valence-electron chi connectivity index (χ0n) is 15.5. The molecule has 1 aromatic carbocycles. The molecule has 3 aromatic rings. The number of carbonyl (C=O) groups excluding carboxylic acids is 1. The lowest BCUT2D eigenvalue weighted by Crippen LogP contribution is -2.29. The molecule has 6 heteroatoms. The second-order valence-electron chi connectivity index (χ2n) is 7.07. The number of furan rings is 1. The molecule has 140 valence electrons. The zero-order chi connectivity index (χ0) is 18.6. The van der Waals surface area contributed by atoms with Crippen molar-refractivity contribution in [3.8, 4) is 11.5 Å². The summed E-state index contributed by atoms with van der Waals surface area (Å²) in [5.41, 5.74) is 3.02. The van der Waals surface area contributed by atoms with Gasteiger partial charge in [-0.2, -0.15) is 5.10 Å². The third-order valence-corrected chi connectivity index (χ3v) is 4.86. The Balaban J connectivity index is 1.42. The van der Waals surface area contributed by atoms with E-state index >= 15 is 0 Å². The maximum Gasteiger partial charge on any atom is 0.276 e. The van der Waals surface area contributed by atoms with E-state index in [1.54, 1.807) is 6.07 Å². The molecule has 1 amide bonds. The lowest BCUT2D eigenvalue weighted by atomic mass is 10.1. The van der Waals surface area contributed by atoms with E-state index in [1.165, 1.54) is 24.8 Å². The number of aryl methyl sites for hydroxylation is 1. The van der Waals surface area contributed by atoms with Gasteiger partial charge in [0.2, 0.25) is 0 Å². The first kappa shape index (κ1) is 17.5. The number of amides is 1. The van der Waals surface area contributed by atoms with Gasteiger partial charge in [0.05, 0.1) is 0 Å². The number of carbonyl (C=O) groups is 1. The lowest BCUT2D eigenvalue weighted by Gasteiger charge is -2.26. The van der Waals surface area contributed by atoms with Gasteiger partial charge in [-0.3, -0.25) is 14.8 Å². The monoisotopic (exact) mass is 364 g/mol. The van der Waals surface area contributed by atoms with Crippen LogP contribution >= 0.6 is 0 Å². The van der Waals surface area contributed by atoms with Crippen LogP contribution in [0.2, 0.25) is 0 Å². The van der Waals surface area contributed by atoms with Gasteiger partial charge < -0.3 is 9.73 Å². The van der Waals surface area contributed by atoms with E-state index in [9.17, 15) is 4.79 Å². The van der Waals surface area contributed by atoms with E-state index in [0.29, 0.717) is 17.1 Å². The van der Waals surface area contributed by atoms with Gasteiger partial charge in [0.1, 0.15) is 11.5 Å². The Bertz CT molecular complexity index is 922. The van der Waals surface area contributed by atoms with Crippen LogP contribution in [0.25, 0.3) is 11.5 Å². The number of rotatable bonds is 5. The van der Waals surface area contributed by atoms with Crippen molar-refractivity contribution in [1.29, 1.82) is 0 Å². The van der Waals surface area contributed by atoms with Gasteiger partial charge in [-0.05, 0) is 62.7 Å². The van der Waals surface area contributed by atoms with Gasteiger partial charge in [0.25, 0.3) is 5.91 Å². The number of piperidine rings is 1. The molecule has 1 fully saturated rings. The summed E-state index contributed by atoms with van der Waals surface area (Å²) in [4.78, 5) is 15.0. The largest absolute Gasteiger partial charge is 0.460 e. The molecule has 4 rings (SSSR count). The number of aromatic amines is 1. The van der Waals surface area contributed by atoms with E-state index in [4.69, 9.17) is 4.42 Å². The molecule has 6 nitrogen and oxygen atoms in total. The fraction of sp³-hybridized carbons (Fsp3) is 0.333. The van der Waals surface area contributed by atoms with Gasteiger partial charge in [-0.1, -0.05) is 18.6 Å². The van der Waals surface area contributed by atoms with Crippen molar-refractivity contribution in [1.82, 2.24) is 15.1 Å². The van der Waals surface area contributed by atoms with E-state index < -0.39 is 0 Å². The maximum atomic E-state index is 12.5. The highest BCUT2D eigenvalue weighted by atomic mass is 16.3. The minimum Gasteiger partial charge on any atom is -0.460 e. The van der Waals surface area contributed by atoms with Crippen LogP contribution < -0.4 is 5.32 Å². The number of nitrogens with zero attached hydrogens (tertiary/aromatic N) is 2. The van der Waals surface area contributed by atoms with Crippen LogP contribution in [0.15, 0.2) is 46.9 Å². The highest BCUT2D eigenvalue weighted by Crippen LogP contribution is 2.21. The Labute approximate surface area is 158 Å². The number of anilines is 1. The first-order chi connectivity index (χ1) is 13.2. The average Bonchev–Trinajstić information content (AvgIpc) is 3.32. The Hall–Kier alpha value is -2.86. The summed E-state index contributed by atoms with van der Waals surface area (Å²) in [6, 6.07) is 13.5. The molecular weight excluding hydrogens is 340 g/mol. The first-order valence-electron chi connectivity index (χ1n) is 9.42. The van der Waals surface area contributed by atoms with Crippen LogP contribution in [0.4, 0.5) is 5.69 Å². The van der Waals surface area contributed by atoms with Crippen LogP contribution in [-0.2, 0) is 6.54 Å². The summed E-state index contributed by atoms with van der Waals surface area (Å²) in [6.45, 7) is 5.11. The third kappa shape index (κ3) is 4.28. The molecule has 0 bridgehead atoms. The van der Waals surface area contributed by atoms with Gasteiger partial charge in [-0.25, -0.2) is 0 Å². The molecular formula is C21H24N4O2. The summed E-state index contributed by atoms with van der Waals surface area (Å²) in [5, 5.41) is 9.90. The summed E-state index contributed by atoms with van der Waals surface area (Å²) < 4.78 is 5.56. The van der Waals surface area contributed by atoms with E-state index in [-0.39, 0.29) is 5.91 Å². The second-order valence-corrected chi connectivity index (χ2v) is 7.07. The predicted octanol–water partition coefficient (Wildman–Crippen LogP) is 4.22. The number of hydrogen-bond acceptors (Lipinski definition) is 4. The topological polar surface area (TPSA) is 74.2 Å². The molecule has 0 aliphatic carbocycles. The number of likely N-dealkylation sites (tertiary alicyclic amines) is 1. The normalized spacial score (nSPS) is 15.0. The number of benzene rings is 1. The van der Waals surface area contributed by atoms with Crippen LogP contribution in [-0.4, -0.2) is 34.1 Å². The highest BCUT2D eigenvalue weighted by molar-refractivity contribution is 6.03. The van der Waals surface area contributed by atoms with Gasteiger partial charge in [-0.15, -0.1) is 0 Å². The van der Waals surface area contributed by atoms with Crippen LogP contribution in [0, 0.1) is 6.92 Å². The Morgan fingerprint density at radius 1 is 1.19 bits per heavy atom. The summed E-state index contributed by atoms with van der Waals surface area (Å²) in [5.74, 6) is 1.25. The second kappa shape index (κ2) is 7.80. The van der Waals surface area contributed by atoms with E-state index in [0.717, 1.165) is 31.1 Å². The average molecular weight is 364 g/mol. The molecule has 0 radical (unpaired) electrons. The molecule has 3 heterocycles. The van der Waals surface area contributed by atoms with Gasteiger partial charge in [0, 0.05) is 18.3 Å². The van der Waals surface area contributed by atoms with Crippen molar-refractivity contribution >= 4 is 11.6 Å². The van der Waals surface area contributed by atoms with Crippen molar-refractivity contribution in [2.24, 2.45) is 0 Å². The van der Waals surface area contributed by atoms with Crippen molar-refractivity contribution in [2.75, 3.05) is 18.4 Å². The summed E-state index contributed by atoms with van der Waals surface area (Å²) in [6.07, 6.45) is 3.87. The fourth-order valence-electron chi connectivity index (χ4n) is 3.46. The molecule has 1 aliphatic rings. The smallest absolute Gasteiger partial charge is 0.276 e. The van der Waals surface area contributed by atoms with Gasteiger partial charge in [0.15, 0.2) is 11.5 Å². The molecule has 1 aliphatic heterocycles. The molecule has 0 unspecified atom stereocenters. The Morgan fingerprint density at radius 2 is 2.04 bits per heavy atom. The Morgan fingerprint density at radius 3 is 2.81 bits per heavy atom. The molecule has 27 heavy (non-hydrogen) atoms. The molecule has 2 aromatic heterocycles. The third-order valence-electron chi connectivity index (χ3n) is 4.86. The number of aromatic nitrogens is 2. The van der Waals surface area contributed by atoms with Crippen molar-refractivity contribution in [2.45, 2.75) is 32.7 Å². The molecule has 1 saturated heterocycles. The quantitative estimate of drug-likeness (QED) is 0.711. The molecule has 2 N–H and O–H groups in total. The van der Waals surface area contributed by atoms with Crippen LogP contribution in [0.3, 0.4) is 0 Å². The summed E-state index contributed by atoms with van der Waals surface area (Å²) >= 11 is 0. The number of nitrogens with one attached hydrogen (secondary N) is 2. The molecule has 0 spiro atoms. The fourth-order valence-corrected chi connectivity index (χ4v) is 3.46. The number of hydrogen-bond donors (Lipinski definition) is 2. The Kier molecular flexibility index (Phi) is 5.07. The van der Waals surface area contributed by atoms with Crippen molar-refractivity contribution in [3.63, 3.8) is 0 Å². The maximum absolute atomic E-state index is 12.5.